The zero-order chi connectivity index (χ0) is 28.6. The summed E-state index contributed by atoms with van der Waals surface area (Å²) in [6, 6.07) is 19.7. The summed E-state index contributed by atoms with van der Waals surface area (Å²) in [5, 5.41) is 3.34. The van der Waals surface area contributed by atoms with E-state index >= 15 is 0 Å². The Balaban J connectivity index is 2.08. The van der Waals surface area contributed by atoms with Gasteiger partial charge in [-0.3, -0.25) is 13.9 Å². The predicted octanol–water partition coefficient (Wildman–Crippen LogP) is 5.49. The molecule has 0 fully saturated rings. The van der Waals surface area contributed by atoms with Gasteiger partial charge in [0.05, 0.1) is 10.6 Å². The lowest BCUT2D eigenvalue weighted by molar-refractivity contribution is -0.140. The Morgan fingerprint density at radius 2 is 1.62 bits per heavy atom. The monoisotopic (exact) mass is 569 g/mol. The Morgan fingerprint density at radius 3 is 2.23 bits per heavy atom. The van der Waals surface area contributed by atoms with Crippen LogP contribution in [0.2, 0.25) is 5.02 Å². The number of halogens is 1. The van der Waals surface area contributed by atoms with Crippen LogP contribution in [0.3, 0.4) is 0 Å². The van der Waals surface area contributed by atoms with Gasteiger partial charge in [-0.2, -0.15) is 0 Å². The average molecular weight is 570 g/mol. The van der Waals surface area contributed by atoms with Crippen LogP contribution in [0.15, 0.2) is 77.7 Å². The smallest absolute Gasteiger partial charge is 0.264 e. The minimum Gasteiger partial charge on any atom is -0.354 e. The van der Waals surface area contributed by atoms with Crippen molar-refractivity contribution in [2.75, 3.05) is 17.4 Å². The van der Waals surface area contributed by atoms with Gasteiger partial charge in [0.1, 0.15) is 12.6 Å². The molecule has 7 nitrogen and oxygen atoms in total. The fraction of sp³-hybridized carbons (Fsp3) is 0.333. The van der Waals surface area contributed by atoms with Gasteiger partial charge in [0, 0.05) is 18.1 Å². The molecule has 0 heterocycles. The maximum atomic E-state index is 14.1. The molecule has 1 N–H and O–H groups in total. The first-order valence-corrected chi connectivity index (χ1v) is 14.9. The fourth-order valence-electron chi connectivity index (χ4n) is 4.41. The SMILES string of the molecule is CCCNC(=O)C(CC)N(Cc1ccccc1Cl)C(=O)CN(c1ccc(C)cc1C)S(=O)(=O)c1ccccc1. The Morgan fingerprint density at radius 1 is 0.949 bits per heavy atom. The van der Waals surface area contributed by atoms with Crippen LogP contribution in [-0.4, -0.2) is 44.3 Å². The molecule has 0 aliphatic heterocycles. The topological polar surface area (TPSA) is 86.8 Å². The second-order valence-electron chi connectivity index (χ2n) is 9.44. The first-order valence-electron chi connectivity index (χ1n) is 13.1. The first kappa shape index (κ1) is 30.2. The molecule has 2 amide bonds. The molecule has 1 atom stereocenters. The van der Waals surface area contributed by atoms with Crippen LogP contribution >= 0.6 is 11.6 Å². The summed E-state index contributed by atoms with van der Waals surface area (Å²) in [6.07, 6.45) is 1.09. The summed E-state index contributed by atoms with van der Waals surface area (Å²) < 4.78 is 29.0. The molecule has 3 aromatic rings. The number of aryl methyl sites for hydroxylation is 2. The van der Waals surface area contributed by atoms with Gasteiger partial charge in [-0.1, -0.05) is 79.5 Å². The average Bonchev–Trinajstić information content (AvgIpc) is 2.92. The lowest BCUT2D eigenvalue weighted by Crippen LogP contribution is -2.52. The largest absolute Gasteiger partial charge is 0.354 e. The van der Waals surface area contributed by atoms with E-state index in [0.29, 0.717) is 34.8 Å². The Labute approximate surface area is 236 Å². The van der Waals surface area contributed by atoms with Crippen LogP contribution in [0.25, 0.3) is 0 Å². The van der Waals surface area contributed by atoms with Gasteiger partial charge in [0.25, 0.3) is 10.0 Å². The molecule has 0 aliphatic rings. The third-order valence-corrected chi connectivity index (χ3v) is 8.61. The summed E-state index contributed by atoms with van der Waals surface area (Å²) in [6.45, 7) is 7.56. The van der Waals surface area contributed by atoms with E-state index in [-0.39, 0.29) is 17.3 Å². The highest BCUT2D eigenvalue weighted by Gasteiger charge is 2.34. The standard InChI is InChI=1S/C30H36ClN3O4S/c1-5-18-32-30(36)27(6-2)33(20-24-12-10-11-15-26(24)31)29(35)21-34(28-17-16-22(3)19-23(28)4)39(37,38)25-13-8-7-9-14-25/h7-17,19,27H,5-6,18,20-21H2,1-4H3,(H,32,36). The predicted molar refractivity (Wildman–Crippen MR) is 156 cm³/mol. The molecule has 0 aromatic heterocycles. The second-order valence-corrected chi connectivity index (χ2v) is 11.7. The van der Waals surface area contributed by atoms with Crippen LogP contribution in [0.4, 0.5) is 5.69 Å². The molecule has 0 saturated heterocycles. The third-order valence-electron chi connectivity index (χ3n) is 6.46. The van der Waals surface area contributed by atoms with E-state index in [4.69, 9.17) is 11.6 Å². The molecule has 3 rings (SSSR count). The summed E-state index contributed by atoms with van der Waals surface area (Å²) >= 11 is 6.43. The van der Waals surface area contributed by atoms with Gasteiger partial charge in [0.2, 0.25) is 11.8 Å². The molecule has 0 radical (unpaired) electrons. The van der Waals surface area contributed by atoms with E-state index in [1.54, 1.807) is 42.5 Å². The number of anilines is 1. The third kappa shape index (κ3) is 7.40. The number of nitrogens with one attached hydrogen (secondary N) is 1. The van der Waals surface area contributed by atoms with Crippen LogP contribution in [0, 0.1) is 13.8 Å². The molecular weight excluding hydrogens is 534 g/mol. The second kappa shape index (κ2) is 13.6. The number of nitrogens with zero attached hydrogens (tertiary/aromatic N) is 2. The van der Waals surface area contributed by atoms with E-state index in [1.807, 2.05) is 45.9 Å². The highest BCUT2D eigenvalue weighted by Crippen LogP contribution is 2.28. The Hall–Kier alpha value is -3.36. The highest BCUT2D eigenvalue weighted by atomic mass is 35.5. The Kier molecular flexibility index (Phi) is 10.5. The van der Waals surface area contributed by atoms with Crippen LogP contribution in [0.1, 0.15) is 43.4 Å². The highest BCUT2D eigenvalue weighted by molar-refractivity contribution is 7.92. The maximum absolute atomic E-state index is 14.1. The summed E-state index contributed by atoms with van der Waals surface area (Å²) in [5.41, 5.74) is 2.75. The number of rotatable bonds is 12. The molecule has 9 heteroatoms. The minimum atomic E-state index is -4.11. The van der Waals surface area contributed by atoms with E-state index in [2.05, 4.69) is 5.32 Å². The molecule has 0 aliphatic carbocycles. The van der Waals surface area contributed by atoms with E-state index < -0.39 is 28.5 Å². The number of hydrogen-bond acceptors (Lipinski definition) is 4. The van der Waals surface area contributed by atoms with Crippen molar-refractivity contribution in [3.8, 4) is 0 Å². The van der Waals surface area contributed by atoms with Crippen molar-refractivity contribution >= 4 is 39.1 Å². The van der Waals surface area contributed by atoms with Gasteiger partial charge in [-0.15, -0.1) is 0 Å². The minimum absolute atomic E-state index is 0.0582. The zero-order valence-corrected chi connectivity index (χ0v) is 24.4. The number of hydrogen-bond donors (Lipinski definition) is 1. The summed E-state index contributed by atoms with van der Waals surface area (Å²) in [4.78, 5) is 28.7. The van der Waals surface area contributed by atoms with Gasteiger partial charge in [-0.05, 0) is 62.1 Å². The molecule has 208 valence electrons. The van der Waals surface area contributed by atoms with Gasteiger partial charge < -0.3 is 10.2 Å². The van der Waals surface area contributed by atoms with Crippen molar-refractivity contribution in [3.05, 3.63) is 94.5 Å². The van der Waals surface area contributed by atoms with E-state index in [1.165, 1.54) is 17.0 Å². The summed E-state index contributed by atoms with van der Waals surface area (Å²) in [5.74, 6) is -0.795. The Bertz CT molecular complexity index is 1400. The molecule has 0 spiro atoms. The van der Waals surface area contributed by atoms with Gasteiger partial charge in [0.15, 0.2) is 0 Å². The lowest BCUT2D eigenvalue weighted by Gasteiger charge is -2.33. The molecule has 39 heavy (non-hydrogen) atoms. The number of sulfonamides is 1. The number of amides is 2. The first-order chi connectivity index (χ1) is 18.6. The van der Waals surface area contributed by atoms with Crippen molar-refractivity contribution in [2.45, 2.75) is 58.0 Å². The maximum Gasteiger partial charge on any atom is 0.264 e. The van der Waals surface area contributed by atoms with Gasteiger partial charge in [-0.25, -0.2) is 8.42 Å². The summed E-state index contributed by atoms with van der Waals surface area (Å²) in [7, 11) is -4.11. The fourth-order valence-corrected chi connectivity index (χ4v) is 6.11. The molecular formula is C30H36ClN3O4S. The lowest BCUT2D eigenvalue weighted by atomic mass is 10.1. The van der Waals surface area contributed by atoms with Crippen LogP contribution in [0.5, 0.6) is 0 Å². The van der Waals surface area contributed by atoms with Crippen molar-refractivity contribution < 1.29 is 18.0 Å². The number of carbonyl (C=O) groups is 2. The molecule has 1 unspecified atom stereocenters. The number of carbonyl (C=O) groups excluding carboxylic acids is 2. The molecule has 0 saturated carbocycles. The van der Waals surface area contributed by atoms with Crippen molar-refractivity contribution in [1.29, 1.82) is 0 Å². The normalized spacial score (nSPS) is 12.0. The van der Waals surface area contributed by atoms with Gasteiger partial charge >= 0.3 is 0 Å². The number of benzene rings is 3. The van der Waals surface area contributed by atoms with Crippen LogP contribution in [-0.2, 0) is 26.2 Å². The van der Waals surface area contributed by atoms with E-state index in [9.17, 15) is 18.0 Å². The zero-order valence-electron chi connectivity index (χ0n) is 22.9. The van der Waals surface area contributed by atoms with Crippen molar-refractivity contribution in [1.82, 2.24) is 10.2 Å². The van der Waals surface area contributed by atoms with Crippen molar-refractivity contribution in [3.63, 3.8) is 0 Å². The molecule has 3 aromatic carbocycles. The van der Waals surface area contributed by atoms with E-state index in [0.717, 1.165) is 16.3 Å². The molecule has 0 bridgehead atoms. The van der Waals surface area contributed by atoms with Crippen LogP contribution < -0.4 is 9.62 Å². The van der Waals surface area contributed by atoms with Crippen molar-refractivity contribution in [2.24, 2.45) is 0 Å². The quantitative estimate of drug-likeness (QED) is 0.313.